The maximum atomic E-state index is 10.4. The van der Waals surface area contributed by atoms with E-state index in [1.165, 1.54) is 0 Å². The van der Waals surface area contributed by atoms with Gasteiger partial charge < -0.3 is 10.2 Å². The largest absolute Gasteiger partial charge is 0.481 e. The molecule has 1 aromatic carbocycles. The van der Waals surface area contributed by atoms with Crippen LogP contribution >= 0.6 is 0 Å². The third-order valence-corrected chi connectivity index (χ3v) is 1.71. The third-order valence-electron chi connectivity index (χ3n) is 1.71. The van der Waals surface area contributed by atoms with Crippen molar-refractivity contribution in [2.75, 3.05) is 0 Å². The Hall–Kier alpha value is -1.84. The molecular weight excluding hydrogens is 184 g/mol. The highest BCUT2D eigenvalue weighted by Gasteiger charge is 2.08. The van der Waals surface area contributed by atoms with Crippen LogP contribution in [0.4, 0.5) is 0 Å². The normalized spacial score (nSPS) is 9.71. The molecule has 2 N–H and O–H groups in total. The van der Waals surface area contributed by atoms with Gasteiger partial charge in [0.15, 0.2) is 0 Å². The van der Waals surface area contributed by atoms with Gasteiger partial charge in [-0.2, -0.15) is 0 Å². The first-order chi connectivity index (χ1) is 6.59. The zero-order valence-corrected chi connectivity index (χ0v) is 7.36. The summed E-state index contributed by atoms with van der Waals surface area (Å²) in [6.45, 7) is 0. The number of benzene rings is 1. The van der Waals surface area contributed by atoms with Gasteiger partial charge in [-0.05, 0) is 17.2 Å². The topological polar surface area (TPSA) is 74.6 Å². The number of carboxylic acids is 2. The zero-order chi connectivity index (χ0) is 10.6. The van der Waals surface area contributed by atoms with E-state index in [0.717, 1.165) is 0 Å². The molecular formula is C10H9O4. The fourth-order valence-corrected chi connectivity index (χ4v) is 1.15. The average Bonchev–Trinajstić information content (AvgIpc) is 2.06. The Morgan fingerprint density at radius 1 is 1.21 bits per heavy atom. The number of carbonyl (C=O) groups is 2. The average molecular weight is 193 g/mol. The lowest BCUT2D eigenvalue weighted by Gasteiger charge is -2.03. The maximum absolute atomic E-state index is 10.4. The molecule has 0 saturated heterocycles. The monoisotopic (exact) mass is 193 g/mol. The molecule has 1 aromatic rings. The SMILES string of the molecule is O=C(O)Cc1[c]cccc1CC(=O)O. The Morgan fingerprint density at radius 2 is 1.86 bits per heavy atom. The molecule has 0 aliphatic heterocycles. The van der Waals surface area contributed by atoms with Gasteiger partial charge >= 0.3 is 11.9 Å². The quantitative estimate of drug-likeness (QED) is 0.739. The van der Waals surface area contributed by atoms with Crippen molar-refractivity contribution in [1.82, 2.24) is 0 Å². The van der Waals surface area contributed by atoms with E-state index < -0.39 is 11.9 Å². The second kappa shape index (κ2) is 4.41. The van der Waals surface area contributed by atoms with E-state index in [4.69, 9.17) is 10.2 Å². The third kappa shape index (κ3) is 2.90. The Labute approximate surface area is 80.8 Å². The van der Waals surface area contributed by atoms with Crippen molar-refractivity contribution in [1.29, 1.82) is 0 Å². The molecule has 0 saturated carbocycles. The summed E-state index contributed by atoms with van der Waals surface area (Å²) in [6, 6.07) is 7.55. The summed E-state index contributed by atoms with van der Waals surface area (Å²) in [5, 5.41) is 17.1. The molecule has 0 atom stereocenters. The summed E-state index contributed by atoms with van der Waals surface area (Å²) in [5.41, 5.74) is 0.935. The molecule has 4 nitrogen and oxygen atoms in total. The highest BCUT2D eigenvalue weighted by Crippen LogP contribution is 2.09. The van der Waals surface area contributed by atoms with Crippen molar-refractivity contribution in [3.63, 3.8) is 0 Å². The van der Waals surface area contributed by atoms with Crippen molar-refractivity contribution in [2.24, 2.45) is 0 Å². The van der Waals surface area contributed by atoms with Crippen LogP contribution in [0.2, 0.25) is 0 Å². The van der Waals surface area contributed by atoms with E-state index in [-0.39, 0.29) is 12.8 Å². The molecule has 0 aromatic heterocycles. The van der Waals surface area contributed by atoms with E-state index in [1.807, 2.05) is 0 Å². The minimum absolute atomic E-state index is 0.167. The molecule has 73 valence electrons. The van der Waals surface area contributed by atoms with E-state index >= 15 is 0 Å². The molecule has 4 heteroatoms. The minimum atomic E-state index is -0.987. The van der Waals surface area contributed by atoms with E-state index in [1.54, 1.807) is 18.2 Å². The first kappa shape index (κ1) is 10.2. The number of rotatable bonds is 4. The van der Waals surface area contributed by atoms with Crippen molar-refractivity contribution >= 4 is 11.9 Å². The summed E-state index contributed by atoms with van der Waals surface area (Å²) < 4.78 is 0. The number of hydrogen-bond donors (Lipinski definition) is 2. The lowest BCUT2D eigenvalue weighted by molar-refractivity contribution is -0.137. The van der Waals surface area contributed by atoms with Crippen LogP contribution < -0.4 is 0 Å². The van der Waals surface area contributed by atoms with Crippen molar-refractivity contribution < 1.29 is 19.8 Å². The van der Waals surface area contributed by atoms with Crippen LogP contribution in [0.5, 0.6) is 0 Å². The van der Waals surface area contributed by atoms with Gasteiger partial charge in [0.2, 0.25) is 0 Å². The molecule has 0 fully saturated rings. The smallest absolute Gasteiger partial charge is 0.307 e. The second-order valence-electron chi connectivity index (χ2n) is 2.81. The van der Waals surface area contributed by atoms with E-state index in [0.29, 0.717) is 11.1 Å². The lowest BCUT2D eigenvalue weighted by atomic mass is 10.0. The summed E-state index contributed by atoms with van der Waals surface area (Å²) in [5.74, 6) is -1.96. The van der Waals surface area contributed by atoms with Gasteiger partial charge in [-0.15, -0.1) is 0 Å². The van der Waals surface area contributed by atoms with E-state index in [9.17, 15) is 9.59 Å². The van der Waals surface area contributed by atoms with Crippen LogP contribution in [0.1, 0.15) is 11.1 Å². The first-order valence-electron chi connectivity index (χ1n) is 4.01. The minimum Gasteiger partial charge on any atom is -0.481 e. The Balaban J connectivity index is 2.90. The molecule has 0 bridgehead atoms. The predicted octanol–water partition coefficient (Wildman–Crippen LogP) is 0.741. The number of carboxylic acid groups (broad SMARTS) is 2. The van der Waals surface area contributed by atoms with Gasteiger partial charge in [-0.3, -0.25) is 9.59 Å². The molecule has 14 heavy (non-hydrogen) atoms. The van der Waals surface area contributed by atoms with E-state index in [2.05, 4.69) is 6.07 Å². The predicted molar refractivity (Wildman–Crippen MR) is 48.0 cm³/mol. The van der Waals surface area contributed by atoms with Gasteiger partial charge in [0.1, 0.15) is 0 Å². The molecule has 0 heterocycles. The molecule has 0 spiro atoms. The van der Waals surface area contributed by atoms with Crippen LogP contribution in [0.25, 0.3) is 0 Å². The van der Waals surface area contributed by atoms with Crippen LogP contribution in [-0.2, 0) is 22.4 Å². The summed E-state index contributed by atoms with van der Waals surface area (Å²) >= 11 is 0. The molecule has 0 unspecified atom stereocenters. The van der Waals surface area contributed by atoms with Crippen molar-refractivity contribution in [2.45, 2.75) is 12.8 Å². The highest BCUT2D eigenvalue weighted by molar-refractivity contribution is 5.74. The summed E-state index contributed by atoms with van der Waals surface area (Å²) in [4.78, 5) is 20.9. The maximum Gasteiger partial charge on any atom is 0.307 e. The molecule has 0 amide bonds. The standard InChI is InChI=1S/C10H9O4/c11-9(12)5-7-3-1-2-4-8(7)6-10(13)14/h1-3H,5-6H2,(H,11,12)(H,13,14). The summed E-state index contributed by atoms with van der Waals surface area (Å²) in [7, 11) is 0. The highest BCUT2D eigenvalue weighted by atomic mass is 16.4. The van der Waals surface area contributed by atoms with Crippen LogP contribution in [0, 0.1) is 6.07 Å². The Kier molecular flexibility index (Phi) is 3.23. The van der Waals surface area contributed by atoms with Gasteiger partial charge in [-0.1, -0.05) is 18.2 Å². The van der Waals surface area contributed by atoms with Gasteiger partial charge in [0, 0.05) is 0 Å². The van der Waals surface area contributed by atoms with Crippen molar-refractivity contribution in [3.8, 4) is 0 Å². The summed E-state index contributed by atoms with van der Waals surface area (Å²) in [6.07, 6.45) is -0.358. The van der Waals surface area contributed by atoms with Crippen LogP contribution in [0.3, 0.4) is 0 Å². The molecule has 1 radical (unpaired) electrons. The van der Waals surface area contributed by atoms with Crippen LogP contribution in [-0.4, -0.2) is 22.2 Å². The molecule has 0 aliphatic carbocycles. The zero-order valence-electron chi connectivity index (χ0n) is 7.36. The van der Waals surface area contributed by atoms with Crippen LogP contribution in [0.15, 0.2) is 18.2 Å². The van der Waals surface area contributed by atoms with Gasteiger partial charge in [0.05, 0.1) is 12.8 Å². The molecule has 0 aliphatic rings. The lowest BCUT2D eigenvalue weighted by Crippen LogP contribution is -2.07. The van der Waals surface area contributed by atoms with Gasteiger partial charge in [-0.25, -0.2) is 0 Å². The number of hydrogen-bond acceptors (Lipinski definition) is 2. The first-order valence-corrected chi connectivity index (χ1v) is 4.01. The second-order valence-corrected chi connectivity index (χ2v) is 2.81. The number of aliphatic carboxylic acids is 2. The fraction of sp³-hybridized carbons (Fsp3) is 0.200. The fourth-order valence-electron chi connectivity index (χ4n) is 1.15. The van der Waals surface area contributed by atoms with Crippen molar-refractivity contribution in [3.05, 3.63) is 35.4 Å². The Bertz CT molecular complexity index is 322. The van der Waals surface area contributed by atoms with Gasteiger partial charge in [0.25, 0.3) is 0 Å². The Morgan fingerprint density at radius 3 is 2.43 bits per heavy atom. The molecule has 1 rings (SSSR count).